The zero-order valence-corrected chi connectivity index (χ0v) is 18.4. The minimum absolute atomic E-state index is 0.121. The molecule has 2 aromatic carbocycles. The summed E-state index contributed by atoms with van der Waals surface area (Å²) in [6, 6.07) is 14.0. The highest BCUT2D eigenvalue weighted by molar-refractivity contribution is 9.10. The standard InChI is InChI=1S/C20H25BrN2O3S/c1-15-5-7-16(8-6-15)13-23(14-19(24)22-20(2,3)4)27(25,26)18-11-9-17(21)10-12-18/h5-12H,13-14H2,1-4H3,(H,22,24). The lowest BCUT2D eigenvalue weighted by molar-refractivity contribution is -0.122. The Labute approximate surface area is 170 Å². The third-order valence-corrected chi connectivity index (χ3v) is 6.10. The van der Waals surface area contributed by atoms with Gasteiger partial charge < -0.3 is 5.32 Å². The number of hydrogen-bond acceptors (Lipinski definition) is 3. The van der Waals surface area contributed by atoms with Crippen LogP contribution in [0.25, 0.3) is 0 Å². The Bertz CT molecular complexity index is 886. The summed E-state index contributed by atoms with van der Waals surface area (Å²) in [6.45, 7) is 7.42. The normalized spacial score (nSPS) is 12.2. The van der Waals surface area contributed by atoms with Crippen LogP contribution in [0.15, 0.2) is 57.9 Å². The first-order valence-electron chi connectivity index (χ1n) is 8.60. The molecule has 146 valence electrons. The van der Waals surface area contributed by atoms with Crippen LogP contribution in [-0.4, -0.2) is 30.7 Å². The van der Waals surface area contributed by atoms with Crippen molar-refractivity contribution in [3.8, 4) is 0 Å². The fraction of sp³-hybridized carbons (Fsp3) is 0.350. The van der Waals surface area contributed by atoms with E-state index in [-0.39, 0.29) is 23.9 Å². The van der Waals surface area contributed by atoms with Crippen molar-refractivity contribution in [1.29, 1.82) is 0 Å². The van der Waals surface area contributed by atoms with Crippen molar-refractivity contribution in [1.82, 2.24) is 9.62 Å². The number of carbonyl (C=O) groups is 1. The van der Waals surface area contributed by atoms with Crippen molar-refractivity contribution in [3.63, 3.8) is 0 Å². The Morgan fingerprint density at radius 1 is 1.04 bits per heavy atom. The number of hydrogen-bond donors (Lipinski definition) is 1. The number of carbonyl (C=O) groups excluding carboxylic acids is 1. The molecule has 7 heteroatoms. The highest BCUT2D eigenvalue weighted by Gasteiger charge is 2.28. The third-order valence-electron chi connectivity index (χ3n) is 3.77. The lowest BCUT2D eigenvalue weighted by atomic mass is 10.1. The topological polar surface area (TPSA) is 66.5 Å². The van der Waals surface area contributed by atoms with Gasteiger partial charge in [0.25, 0.3) is 0 Å². The second kappa shape index (κ2) is 8.54. The van der Waals surface area contributed by atoms with E-state index >= 15 is 0 Å². The molecule has 0 spiro atoms. The highest BCUT2D eigenvalue weighted by atomic mass is 79.9. The maximum absolute atomic E-state index is 13.1. The second-order valence-electron chi connectivity index (χ2n) is 7.51. The minimum Gasteiger partial charge on any atom is -0.350 e. The molecule has 0 aromatic heterocycles. The third kappa shape index (κ3) is 6.45. The summed E-state index contributed by atoms with van der Waals surface area (Å²) in [6.07, 6.45) is 0. The van der Waals surface area contributed by atoms with Crippen LogP contribution < -0.4 is 5.32 Å². The van der Waals surface area contributed by atoms with E-state index in [1.54, 1.807) is 12.1 Å². The molecule has 1 amide bonds. The van der Waals surface area contributed by atoms with Crippen LogP contribution in [0.1, 0.15) is 31.9 Å². The average Bonchev–Trinajstić information content (AvgIpc) is 2.55. The van der Waals surface area contributed by atoms with Gasteiger partial charge >= 0.3 is 0 Å². The minimum atomic E-state index is -3.83. The number of halogens is 1. The number of nitrogens with zero attached hydrogens (tertiary/aromatic N) is 1. The van der Waals surface area contributed by atoms with Crippen molar-refractivity contribution in [2.75, 3.05) is 6.54 Å². The van der Waals surface area contributed by atoms with E-state index in [1.807, 2.05) is 52.0 Å². The highest BCUT2D eigenvalue weighted by Crippen LogP contribution is 2.21. The lowest BCUT2D eigenvalue weighted by Gasteiger charge is -2.25. The maximum atomic E-state index is 13.1. The second-order valence-corrected chi connectivity index (χ2v) is 10.4. The number of benzene rings is 2. The summed E-state index contributed by atoms with van der Waals surface area (Å²) in [5, 5.41) is 2.82. The molecule has 0 aliphatic heterocycles. The monoisotopic (exact) mass is 452 g/mol. The van der Waals surface area contributed by atoms with Gasteiger partial charge in [-0.05, 0) is 57.5 Å². The molecule has 0 heterocycles. The summed E-state index contributed by atoms with van der Waals surface area (Å²) in [5.41, 5.74) is 1.48. The molecule has 1 N–H and O–H groups in total. The Balaban J connectivity index is 2.34. The van der Waals surface area contributed by atoms with Crippen molar-refractivity contribution in [3.05, 3.63) is 64.1 Å². The predicted molar refractivity (Wildman–Crippen MR) is 111 cm³/mol. The molecule has 27 heavy (non-hydrogen) atoms. The van der Waals surface area contributed by atoms with E-state index in [4.69, 9.17) is 0 Å². The van der Waals surface area contributed by atoms with Crippen LogP contribution in [0.5, 0.6) is 0 Å². The molecule has 0 unspecified atom stereocenters. The number of amides is 1. The molecule has 2 aromatic rings. The van der Waals surface area contributed by atoms with Gasteiger partial charge in [0, 0.05) is 16.6 Å². The van der Waals surface area contributed by atoms with Gasteiger partial charge in [-0.1, -0.05) is 45.8 Å². The zero-order valence-electron chi connectivity index (χ0n) is 16.0. The van der Waals surface area contributed by atoms with Crippen LogP contribution in [-0.2, 0) is 21.4 Å². The van der Waals surface area contributed by atoms with E-state index in [0.717, 1.165) is 15.6 Å². The number of aryl methyl sites for hydroxylation is 1. The molecule has 0 saturated carbocycles. The molecular weight excluding hydrogens is 428 g/mol. The zero-order chi connectivity index (χ0) is 20.2. The quantitative estimate of drug-likeness (QED) is 0.723. The molecule has 0 fully saturated rings. The summed E-state index contributed by atoms with van der Waals surface area (Å²) in [4.78, 5) is 12.6. The molecule has 0 atom stereocenters. The van der Waals surface area contributed by atoms with Gasteiger partial charge in [-0.15, -0.1) is 0 Å². The van der Waals surface area contributed by atoms with Crippen molar-refractivity contribution >= 4 is 31.9 Å². The summed E-state index contributed by atoms with van der Waals surface area (Å²) < 4.78 is 28.3. The van der Waals surface area contributed by atoms with Crippen LogP contribution >= 0.6 is 15.9 Å². The van der Waals surface area contributed by atoms with Crippen molar-refractivity contribution < 1.29 is 13.2 Å². The Morgan fingerprint density at radius 2 is 1.59 bits per heavy atom. The first kappa shape index (κ1) is 21.6. The van der Waals surface area contributed by atoms with Gasteiger partial charge in [0.15, 0.2) is 0 Å². The van der Waals surface area contributed by atoms with E-state index < -0.39 is 15.6 Å². The van der Waals surface area contributed by atoms with E-state index in [1.165, 1.54) is 16.4 Å². The first-order valence-corrected chi connectivity index (χ1v) is 10.8. The van der Waals surface area contributed by atoms with Crippen LogP contribution in [0.2, 0.25) is 0 Å². The van der Waals surface area contributed by atoms with Gasteiger partial charge in [-0.3, -0.25) is 4.79 Å². The lowest BCUT2D eigenvalue weighted by Crippen LogP contribution is -2.47. The molecule has 2 rings (SSSR count). The smallest absolute Gasteiger partial charge is 0.243 e. The van der Waals surface area contributed by atoms with Crippen molar-refractivity contribution in [2.45, 2.75) is 44.7 Å². The van der Waals surface area contributed by atoms with E-state index in [0.29, 0.717) is 0 Å². The predicted octanol–water partition coefficient (Wildman–Crippen LogP) is 3.86. The largest absolute Gasteiger partial charge is 0.350 e. The molecule has 5 nitrogen and oxygen atoms in total. The average molecular weight is 453 g/mol. The van der Waals surface area contributed by atoms with Gasteiger partial charge in [-0.2, -0.15) is 4.31 Å². The molecule has 0 aliphatic rings. The maximum Gasteiger partial charge on any atom is 0.243 e. The van der Waals surface area contributed by atoms with E-state index in [9.17, 15) is 13.2 Å². The fourth-order valence-electron chi connectivity index (χ4n) is 2.50. The van der Waals surface area contributed by atoms with Crippen molar-refractivity contribution in [2.24, 2.45) is 0 Å². The molecule has 0 bridgehead atoms. The Kier molecular flexibility index (Phi) is 6.83. The number of rotatable bonds is 6. The fourth-order valence-corrected chi connectivity index (χ4v) is 4.15. The molecule has 0 saturated heterocycles. The van der Waals surface area contributed by atoms with Gasteiger partial charge in [0.1, 0.15) is 0 Å². The number of nitrogens with one attached hydrogen (secondary N) is 1. The summed E-state index contributed by atoms with van der Waals surface area (Å²) in [5.74, 6) is -0.338. The SMILES string of the molecule is Cc1ccc(CN(CC(=O)NC(C)(C)C)S(=O)(=O)c2ccc(Br)cc2)cc1. The molecule has 0 radical (unpaired) electrons. The van der Waals surface area contributed by atoms with Crippen LogP contribution in [0, 0.1) is 6.92 Å². The van der Waals surface area contributed by atoms with Crippen LogP contribution in [0.4, 0.5) is 0 Å². The van der Waals surface area contributed by atoms with Gasteiger partial charge in [-0.25, -0.2) is 8.42 Å². The van der Waals surface area contributed by atoms with Gasteiger partial charge in [0.2, 0.25) is 15.9 Å². The Morgan fingerprint density at radius 3 is 2.11 bits per heavy atom. The summed E-state index contributed by atoms with van der Waals surface area (Å²) in [7, 11) is -3.83. The summed E-state index contributed by atoms with van der Waals surface area (Å²) >= 11 is 3.31. The van der Waals surface area contributed by atoms with Crippen LogP contribution in [0.3, 0.4) is 0 Å². The Hall–Kier alpha value is -1.70. The molecular formula is C20H25BrN2O3S. The first-order chi connectivity index (χ1) is 12.5. The van der Waals surface area contributed by atoms with E-state index in [2.05, 4.69) is 21.2 Å². The molecule has 0 aliphatic carbocycles. The van der Waals surface area contributed by atoms with Gasteiger partial charge in [0.05, 0.1) is 11.4 Å². The number of sulfonamides is 1.